The Kier molecular flexibility index (Phi) is 3.31. The Hall–Kier alpha value is 0.220. The van der Waals surface area contributed by atoms with Crippen LogP contribution in [0.2, 0.25) is 0 Å². The van der Waals surface area contributed by atoms with Gasteiger partial charge >= 0.3 is 0 Å². The molecular weight excluding hydrogens is 304 g/mol. The Balaban J connectivity index is 1.54. The zero-order valence-corrected chi connectivity index (χ0v) is 13.0. The Morgan fingerprint density at radius 1 is 0.667 bits per heavy atom. The van der Waals surface area contributed by atoms with Crippen molar-refractivity contribution < 1.29 is 9.47 Å². The molecule has 0 spiro atoms. The minimum atomic E-state index is 0.685. The normalized spacial score (nSPS) is 27.1. The van der Waals surface area contributed by atoms with Crippen LogP contribution in [0.1, 0.15) is 25.7 Å². The number of rotatable bonds is 0. The molecule has 0 radical (unpaired) electrons. The Labute approximate surface area is 123 Å². The Morgan fingerprint density at radius 3 is 1.72 bits per heavy atom. The molecule has 0 atom stereocenters. The summed E-state index contributed by atoms with van der Waals surface area (Å²) in [5.41, 5.74) is 0. The van der Waals surface area contributed by atoms with Crippen LogP contribution in [0, 0.1) is 0 Å². The highest BCUT2D eigenvalue weighted by Gasteiger charge is 2.33. The highest BCUT2D eigenvalue weighted by molar-refractivity contribution is 8.34. The molecule has 2 nitrogen and oxygen atoms in total. The van der Waals surface area contributed by atoms with Crippen molar-refractivity contribution in [3.8, 4) is 0 Å². The van der Waals surface area contributed by atoms with Crippen molar-refractivity contribution in [1.82, 2.24) is 0 Å². The summed E-state index contributed by atoms with van der Waals surface area (Å²) in [6, 6.07) is 0. The summed E-state index contributed by atoms with van der Waals surface area (Å²) in [7, 11) is 0. The van der Waals surface area contributed by atoms with E-state index in [0.29, 0.717) is 13.2 Å². The summed E-state index contributed by atoms with van der Waals surface area (Å²) in [6.07, 6.45) is 5.27. The minimum absolute atomic E-state index is 0.685. The van der Waals surface area contributed by atoms with E-state index >= 15 is 0 Å². The monoisotopic (exact) mass is 316 g/mol. The fraction of sp³-hybridized carbons (Fsp3) is 0.500. The summed E-state index contributed by atoms with van der Waals surface area (Å²) in [6.45, 7) is 1.37. The van der Waals surface area contributed by atoms with Gasteiger partial charge in [0, 0.05) is 9.81 Å². The first-order valence-corrected chi connectivity index (χ1v) is 9.34. The predicted octanol–water partition coefficient (Wildman–Crippen LogP) is 5.03. The molecule has 6 heteroatoms. The number of hydrogen-bond acceptors (Lipinski definition) is 6. The van der Waals surface area contributed by atoms with Crippen molar-refractivity contribution in [3.05, 3.63) is 28.5 Å². The predicted molar refractivity (Wildman–Crippen MR) is 81.8 cm³/mol. The van der Waals surface area contributed by atoms with E-state index in [1.807, 2.05) is 23.5 Å². The van der Waals surface area contributed by atoms with Gasteiger partial charge in [-0.2, -0.15) is 0 Å². The first-order chi connectivity index (χ1) is 8.90. The van der Waals surface area contributed by atoms with Crippen LogP contribution in [-0.2, 0) is 9.47 Å². The molecule has 0 fully saturated rings. The first-order valence-electron chi connectivity index (χ1n) is 6.08. The summed E-state index contributed by atoms with van der Waals surface area (Å²) in [4.78, 5) is 3.23. The van der Waals surface area contributed by atoms with E-state index < -0.39 is 0 Å². The lowest BCUT2D eigenvalue weighted by molar-refractivity contribution is 0.0949. The number of thioether (sulfide) groups is 4. The summed E-state index contributed by atoms with van der Waals surface area (Å²) >= 11 is 7.45. The van der Waals surface area contributed by atoms with Crippen LogP contribution in [0.4, 0.5) is 0 Å². The largest absolute Gasteiger partial charge is 0.480 e. The standard InChI is InChI=1S/C12H12O2S4/c1-2-4-8-7(3-1)15-11(16-8)12-17-9-10(18-12)14-6-5-13-9/h1-6H2. The number of allylic oxidation sites excluding steroid dienone is 2. The second-order valence-electron chi connectivity index (χ2n) is 4.31. The molecule has 0 saturated heterocycles. The molecule has 0 saturated carbocycles. The maximum absolute atomic E-state index is 5.64. The average Bonchev–Trinajstić information content (AvgIpc) is 3.02. The number of ether oxygens (including phenoxy) is 2. The van der Waals surface area contributed by atoms with Crippen molar-refractivity contribution >= 4 is 47.0 Å². The van der Waals surface area contributed by atoms with Crippen LogP contribution in [0.5, 0.6) is 0 Å². The van der Waals surface area contributed by atoms with E-state index in [0.717, 1.165) is 10.2 Å². The van der Waals surface area contributed by atoms with E-state index in [4.69, 9.17) is 9.47 Å². The summed E-state index contributed by atoms with van der Waals surface area (Å²) < 4.78 is 14.1. The molecule has 4 aliphatic rings. The summed E-state index contributed by atoms with van der Waals surface area (Å²) in [5.74, 6) is 0. The maximum Gasteiger partial charge on any atom is 0.208 e. The molecule has 3 heterocycles. The molecule has 3 aliphatic heterocycles. The molecule has 0 N–H and O–H groups in total. The van der Waals surface area contributed by atoms with Crippen LogP contribution in [0.25, 0.3) is 0 Å². The van der Waals surface area contributed by atoms with Gasteiger partial charge in [0.25, 0.3) is 0 Å². The quantitative estimate of drug-likeness (QED) is 0.619. The van der Waals surface area contributed by atoms with Crippen molar-refractivity contribution in [2.45, 2.75) is 25.7 Å². The van der Waals surface area contributed by atoms with Crippen molar-refractivity contribution in [2.24, 2.45) is 0 Å². The van der Waals surface area contributed by atoms with Gasteiger partial charge in [0.1, 0.15) is 13.2 Å². The maximum atomic E-state index is 5.64. The molecule has 0 amide bonds. The molecule has 0 bridgehead atoms. The van der Waals surface area contributed by atoms with Gasteiger partial charge in [-0.3, -0.25) is 0 Å². The van der Waals surface area contributed by atoms with Crippen LogP contribution in [0.15, 0.2) is 28.5 Å². The zero-order valence-electron chi connectivity index (χ0n) is 9.69. The van der Waals surface area contributed by atoms with Crippen LogP contribution < -0.4 is 0 Å². The van der Waals surface area contributed by atoms with E-state index in [1.165, 1.54) is 34.2 Å². The molecule has 0 unspecified atom stereocenters. The third-order valence-electron chi connectivity index (χ3n) is 3.05. The van der Waals surface area contributed by atoms with Crippen LogP contribution >= 0.6 is 47.0 Å². The second-order valence-corrected chi connectivity index (χ2v) is 9.00. The van der Waals surface area contributed by atoms with Crippen LogP contribution in [-0.4, -0.2) is 13.2 Å². The van der Waals surface area contributed by atoms with E-state index in [-0.39, 0.29) is 0 Å². The van der Waals surface area contributed by atoms with Gasteiger partial charge in [-0.05, 0) is 49.2 Å². The SMILES string of the molecule is C1CCC2=C(C1)SC(=C1SC3=C(OCCO3)S1)S2. The Bertz CT molecular complexity index is 408. The fourth-order valence-corrected chi connectivity index (χ4v) is 7.70. The Morgan fingerprint density at radius 2 is 1.17 bits per heavy atom. The van der Waals surface area contributed by atoms with Gasteiger partial charge in [0.2, 0.25) is 10.2 Å². The highest BCUT2D eigenvalue weighted by atomic mass is 32.2. The lowest BCUT2D eigenvalue weighted by Crippen LogP contribution is -2.08. The minimum Gasteiger partial charge on any atom is -0.480 e. The van der Waals surface area contributed by atoms with Crippen molar-refractivity contribution in [3.63, 3.8) is 0 Å². The van der Waals surface area contributed by atoms with Gasteiger partial charge in [-0.1, -0.05) is 23.5 Å². The van der Waals surface area contributed by atoms with Gasteiger partial charge in [-0.25, -0.2) is 0 Å². The van der Waals surface area contributed by atoms with Crippen molar-refractivity contribution in [2.75, 3.05) is 13.2 Å². The fourth-order valence-electron chi connectivity index (χ4n) is 2.20. The van der Waals surface area contributed by atoms with Gasteiger partial charge in [0.05, 0.1) is 8.47 Å². The first kappa shape index (κ1) is 12.0. The topological polar surface area (TPSA) is 18.5 Å². The highest BCUT2D eigenvalue weighted by Crippen LogP contribution is 2.62. The molecule has 0 aromatic heterocycles. The molecule has 4 rings (SSSR count). The molecule has 1 aliphatic carbocycles. The van der Waals surface area contributed by atoms with Crippen molar-refractivity contribution in [1.29, 1.82) is 0 Å². The third kappa shape index (κ3) is 2.11. The zero-order chi connectivity index (χ0) is 11.9. The molecular formula is C12H12O2S4. The average molecular weight is 316 g/mol. The molecule has 18 heavy (non-hydrogen) atoms. The summed E-state index contributed by atoms with van der Waals surface area (Å²) in [5, 5.41) is 1.94. The smallest absolute Gasteiger partial charge is 0.208 e. The van der Waals surface area contributed by atoms with E-state index in [9.17, 15) is 0 Å². The molecule has 0 aromatic carbocycles. The van der Waals surface area contributed by atoms with E-state index in [2.05, 4.69) is 0 Å². The van der Waals surface area contributed by atoms with Gasteiger partial charge < -0.3 is 9.47 Å². The molecule has 0 aromatic rings. The van der Waals surface area contributed by atoms with Gasteiger partial charge in [0.15, 0.2) is 0 Å². The van der Waals surface area contributed by atoms with E-state index in [1.54, 1.807) is 33.3 Å². The lowest BCUT2D eigenvalue weighted by Gasteiger charge is -2.13. The second kappa shape index (κ2) is 4.96. The third-order valence-corrected chi connectivity index (χ3v) is 8.76. The lowest BCUT2D eigenvalue weighted by atomic mass is 10.1. The van der Waals surface area contributed by atoms with Gasteiger partial charge in [-0.15, -0.1) is 0 Å². The van der Waals surface area contributed by atoms with Crippen LogP contribution in [0.3, 0.4) is 0 Å². The molecule has 96 valence electrons. The number of hydrogen-bond donors (Lipinski definition) is 0.